The maximum Gasteiger partial charge on any atom is 0.410 e. The molecule has 0 bridgehead atoms. The first kappa shape index (κ1) is 36.1. The molecule has 1 aliphatic rings. The molecule has 3 heterocycles. The normalized spacial score (nSPS) is 15.9. The van der Waals surface area contributed by atoms with Crippen molar-refractivity contribution < 1.29 is 33.7 Å². The number of methoxy groups -OCH3 is 1. The number of nitrogens with zero attached hydrogens (tertiary/aromatic N) is 5. The fourth-order valence-electron chi connectivity index (χ4n) is 6.00. The number of esters is 1. The maximum atomic E-state index is 13.1. The second-order valence-electron chi connectivity index (χ2n) is 13.2. The number of carbonyl (C=O) groups excluding carboxylic acids is 3. The van der Waals surface area contributed by atoms with E-state index >= 15 is 0 Å². The topological polar surface area (TPSA) is 148 Å². The summed E-state index contributed by atoms with van der Waals surface area (Å²) in [6.07, 6.45) is 2.25. The number of hydrogen-bond acceptors (Lipinski definition) is 10. The smallest absolute Gasteiger partial charge is 0.410 e. The predicted molar refractivity (Wildman–Crippen MR) is 188 cm³/mol. The number of benzene rings is 2. The van der Waals surface area contributed by atoms with Gasteiger partial charge in [0.25, 0.3) is 0 Å². The fraction of sp³-hybridized carbons (Fsp3) is 0.432. The highest BCUT2D eigenvalue weighted by Crippen LogP contribution is 2.29. The average Bonchev–Trinajstić information content (AvgIpc) is 3.72. The number of aliphatic hydroxyl groups is 1. The molecule has 2 aromatic carbocycles. The molecule has 13 heteroatoms. The molecule has 2 amide bonds. The molecule has 1 saturated heterocycles. The van der Waals surface area contributed by atoms with Crippen LogP contribution >= 0.6 is 0 Å². The average molecular weight is 687 g/mol. The summed E-state index contributed by atoms with van der Waals surface area (Å²) in [5.74, 6) is 0.0887. The molecule has 13 nitrogen and oxygen atoms in total. The first-order valence-electron chi connectivity index (χ1n) is 16.9. The molecule has 5 rings (SSSR count). The van der Waals surface area contributed by atoms with Crippen LogP contribution in [0.4, 0.5) is 15.4 Å². The number of rotatable bonds is 13. The van der Waals surface area contributed by atoms with Gasteiger partial charge in [0.15, 0.2) is 0 Å². The Bertz CT molecular complexity index is 1760. The number of ether oxygens (including phenoxy) is 3. The van der Waals surface area contributed by atoms with Crippen LogP contribution in [0.15, 0.2) is 73.1 Å². The highest BCUT2D eigenvalue weighted by atomic mass is 16.6. The third-order valence-electron chi connectivity index (χ3n) is 8.29. The fourth-order valence-corrected chi connectivity index (χ4v) is 6.00. The van der Waals surface area contributed by atoms with Crippen molar-refractivity contribution in [3.8, 4) is 11.3 Å². The standard InChI is InChI=1S/C37H46N6O7/c1-37(2,3)50-35(46)41(20-11-21-44)18-10-19-42-25-38-30-16-8-14-28(33(30)42)29-15-9-17-32(40-29)39-27-22-31(34(45)48-4)43(23-27)36(47)49-24-26-12-6-5-7-13-26/h5-9,12-17,25,27,31,44H,10-11,18-24H2,1-4H3,(H,39,40)/t27-,31-/m0/s1. The monoisotopic (exact) mass is 686 g/mol. The number of likely N-dealkylation sites (tertiary alicyclic amines) is 1. The molecule has 0 unspecified atom stereocenters. The number of fused-ring (bicyclic) bond motifs is 1. The van der Waals surface area contributed by atoms with E-state index in [0.717, 1.165) is 27.9 Å². The minimum absolute atomic E-state index is 0.0120. The second-order valence-corrected chi connectivity index (χ2v) is 13.2. The Hall–Kier alpha value is -5.17. The molecule has 0 aliphatic carbocycles. The summed E-state index contributed by atoms with van der Waals surface area (Å²) in [4.78, 5) is 51.1. The molecule has 2 aromatic heterocycles. The number of aromatic nitrogens is 3. The van der Waals surface area contributed by atoms with Gasteiger partial charge in [-0.15, -0.1) is 0 Å². The van der Waals surface area contributed by atoms with E-state index in [1.165, 1.54) is 12.0 Å². The lowest BCUT2D eigenvalue weighted by atomic mass is 10.1. The van der Waals surface area contributed by atoms with Gasteiger partial charge in [-0.2, -0.15) is 0 Å². The van der Waals surface area contributed by atoms with Crippen molar-refractivity contribution in [2.75, 3.05) is 38.7 Å². The van der Waals surface area contributed by atoms with Crippen molar-refractivity contribution in [1.82, 2.24) is 24.3 Å². The molecule has 1 aliphatic heterocycles. The van der Waals surface area contributed by atoms with Crippen molar-refractivity contribution in [3.63, 3.8) is 0 Å². The molecular formula is C37H46N6O7. The van der Waals surface area contributed by atoms with E-state index in [2.05, 4.69) is 14.9 Å². The van der Waals surface area contributed by atoms with Gasteiger partial charge >= 0.3 is 18.2 Å². The number of hydrogen-bond donors (Lipinski definition) is 2. The van der Waals surface area contributed by atoms with Crippen LogP contribution < -0.4 is 5.32 Å². The molecule has 2 atom stereocenters. The number of imidazole rings is 1. The Balaban J connectivity index is 1.28. The van der Waals surface area contributed by atoms with E-state index in [1.54, 1.807) is 11.2 Å². The third-order valence-corrected chi connectivity index (χ3v) is 8.29. The van der Waals surface area contributed by atoms with Gasteiger partial charge in [-0.1, -0.05) is 48.5 Å². The molecule has 0 radical (unpaired) electrons. The summed E-state index contributed by atoms with van der Waals surface area (Å²) in [7, 11) is 1.31. The van der Waals surface area contributed by atoms with Crippen LogP contribution in [0.2, 0.25) is 0 Å². The summed E-state index contributed by atoms with van der Waals surface area (Å²) in [5, 5.41) is 12.8. The van der Waals surface area contributed by atoms with E-state index in [1.807, 2.05) is 87.5 Å². The van der Waals surface area contributed by atoms with Crippen LogP contribution in [0.1, 0.15) is 45.6 Å². The number of nitrogens with one attached hydrogen (secondary N) is 1. The van der Waals surface area contributed by atoms with Crippen LogP contribution in [0.25, 0.3) is 22.3 Å². The molecule has 4 aromatic rings. The van der Waals surface area contributed by atoms with Crippen molar-refractivity contribution in [1.29, 1.82) is 0 Å². The summed E-state index contributed by atoms with van der Waals surface area (Å²) >= 11 is 0. The van der Waals surface area contributed by atoms with Gasteiger partial charge in [0.05, 0.1) is 30.2 Å². The first-order valence-corrected chi connectivity index (χ1v) is 16.9. The summed E-state index contributed by atoms with van der Waals surface area (Å²) in [6, 6.07) is 19.9. The molecule has 266 valence electrons. The van der Waals surface area contributed by atoms with Crippen LogP contribution in [-0.2, 0) is 32.2 Å². The Morgan fingerprint density at radius 1 is 1.00 bits per heavy atom. The van der Waals surface area contributed by atoms with E-state index in [-0.39, 0.29) is 25.8 Å². The lowest BCUT2D eigenvalue weighted by molar-refractivity contribution is -0.145. The Morgan fingerprint density at radius 2 is 1.76 bits per heavy atom. The number of carbonyl (C=O) groups is 3. The van der Waals surface area contributed by atoms with Gasteiger partial charge in [-0.05, 0) is 57.4 Å². The molecular weight excluding hydrogens is 640 g/mol. The molecule has 2 N–H and O–H groups in total. The quantitative estimate of drug-likeness (QED) is 0.137. The third kappa shape index (κ3) is 9.29. The number of aliphatic hydroxyl groups excluding tert-OH is 1. The molecule has 0 spiro atoms. The van der Waals surface area contributed by atoms with E-state index in [4.69, 9.17) is 19.2 Å². The number of para-hydroxylation sites is 1. The zero-order chi connectivity index (χ0) is 35.7. The van der Waals surface area contributed by atoms with Crippen LogP contribution in [0.5, 0.6) is 0 Å². The minimum Gasteiger partial charge on any atom is -0.467 e. The molecule has 1 fully saturated rings. The minimum atomic E-state index is -0.790. The lowest BCUT2D eigenvalue weighted by Crippen LogP contribution is -2.41. The van der Waals surface area contributed by atoms with E-state index < -0.39 is 29.8 Å². The summed E-state index contributed by atoms with van der Waals surface area (Å²) < 4.78 is 18.2. The van der Waals surface area contributed by atoms with Gasteiger partial charge < -0.3 is 34.1 Å². The van der Waals surface area contributed by atoms with E-state index in [9.17, 15) is 19.5 Å². The zero-order valence-electron chi connectivity index (χ0n) is 29.1. The number of anilines is 1. The largest absolute Gasteiger partial charge is 0.467 e. The first-order chi connectivity index (χ1) is 24.1. The predicted octanol–water partition coefficient (Wildman–Crippen LogP) is 5.47. The zero-order valence-corrected chi connectivity index (χ0v) is 29.1. The number of amides is 2. The lowest BCUT2D eigenvalue weighted by Gasteiger charge is -2.27. The maximum absolute atomic E-state index is 13.1. The van der Waals surface area contributed by atoms with E-state index in [0.29, 0.717) is 44.7 Å². The molecule has 50 heavy (non-hydrogen) atoms. The van der Waals surface area contributed by atoms with Crippen molar-refractivity contribution in [3.05, 3.63) is 78.6 Å². The van der Waals surface area contributed by atoms with Gasteiger partial charge in [0.2, 0.25) is 0 Å². The number of aryl methyl sites for hydroxylation is 1. The van der Waals surface area contributed by atoms with Crippen LogP contribution in [0.3, 0.4) is 0 Å². The Morgan fingerprint density at radius 3 is 2.50 bits per heavy atom. The second kappa shape index (κ2) is 16.5. The van der Waals surface area contributed by atoms with Gasteiger partial charge in [-0.25, -0.2) is 24.4 Å². The Labute approximate surface area is 292 Å². The van der Waals surface area contributed by atoms with Crippen molar-refractivity contribution in [2.24, 2.45) is 0 Å². The summed E-state index contributed by atoms with van der Waals surface area (Å²) in [5.41, 5.74) is 3.57. The Kier molecular flexibility index (Phi) is 11.9. The van der Waals surface area contributed by atoms with Gasteiger partial charge in [0.1, 0.15) is 24.1 Å². The summed E-state index contributed by atoms with van der Waals surface area (Å²) in [6.45, 7) is 7.27. The molecule has 0 saturated carbocycles. The highest BCUT2D eigenvalue weighted by molar-refractivity contribution is 5.91. The van der Waals surface area contributed by atoms with Gasteiger partial charge in [-0.3, -0.25) is 4.90 Å². The van der Waals surface area contributed by atoms with Crippen molar-refractivity contribution in [2.45, 2.75) is 70.9 Å². The van der Waals surface area contributed by atoms with Crippen LogP contribution in [0, 0.1) is 0 Å². The van der Waals surface area contributed by atoms with Crippen LogP contribution in [-0.4, -0.2) is 98.6 Å². The SMILES string of the molecule is COC(=O)[C@@H]1C[C@H](Nc2cccc(-c3cccc4ncn(CCCN(CCCO)C(=O)OC(C)(C)C)c34)n2)CN1C(=O)OCc1ccccc1. The van der Waals surface area contributed by atoms with Gasteiger partial charge in [0, 0.05) is 50.8 Å². The number of pyridine rings is 1. The van der Waals surface area contributed by atoms with Crippen molar-refractivity contribution >= 4 is 35.0 Å². The highest BCUT2D eigenvalue weighted by Gasteiger charge is 2.41.